The normalized spacial score (nSPS) is 16.0. The van der Waals surface area contributed by atoms with Crippen LogP contribution in [0.4, 0.5) is 4.79 Å². The number of hydrogen-bond donors (Lipinski definition) is 0. The van der Waals surface area contributed by atoms with Gasteiger partial charge in [0, 0.05) is 28.0 Å². The lowest BCUT2D eigenvalue weighted by Gasteiger charge is -2.27. The van der Waals surface area contributed by atoms with Gasteiger partial charge in [0.25, 0.3) is 0 Å². The van der Waals surface area contributed by atoms with Gasteiger partial charge in [0.05, 0.1) is 7.11 Å². The number of methoxy groups -OCH3 is 1. The predicted octanol–water partition coefficient (Wildman–Crippen LogP) is 4.20. The van der Waals surface area contributed by atoms with Gasteiger partial charge in [-0.25, -0.2) is 9.59 Å². The van der Waals surface area contributed by atoms with Gasteiger partial charge in [0.15, 0.2) is 0 Å². The minimum atomic E-state index is -0.762. The summed E-state index contributed by atoms with van der Waals surface area (Å²) < 4.78 is 15.7. The highest BCUT2D eigenvalue weighted by molar-refractivity contribution is 5.99. The van der Waals surface area contributed by atoms with Crippen molar-refractivity contribution in [2.24, 2.45) is 5.92 Å². The first-order chi connectivity index (χ1) is 12.0. The van der Waals surface area contributed by atoms with Crippen LogP contribution in [0.2, 0.25) is 0 Å². The average Bonchev–Trinajstić information content (AvgIpc) is 2.63. The van der Waals surface area contributed by atoms with Crippen LogP contribution in [0.5, 0.6) is 11.5 Å². The summed E-state index contributed by atoms with van der Waals surface area (Å²) >= 11 is 0. The van der Waals surface area contributed by atoms with E-state index in [4.69, 9.17) is 9.47 Å². The molecular weight excluding hydrogens is 320 g/mol. The molecule has 0 aliphatic heterocycles. The Labute approximate surface area is 146 Å². The molecule has 1 aliphatic rings. The number of ether oxygens (including phenoxy) is 3. The van der Waals surface area contributed by atoms with Crippen LogP contribution in [0.3, 0.4) is 0 Å². The summed E-state index contributed by atoms with van der Waals surface area (Å²) in [6, 6.07) is 7.40. The molecule has 0 saturated carbocycles. The van der Waals surface area contributed by atoms with Crippen molar-refractivity contribution < 1.29 is 23.8 Å². The molecule has 0 heterocycles. The van der Waals surface area contributed by atoms with Gasteiger partial charge in [0.2, 0.25) is 0 Å². The fourth-order valence-corrected chi connectivity index (χ4v) is 3.30. The van der Waals surface area contributed by atoms with Gasteiger partial charge in [-0.3, -0.25) is 0 Å². The molecule has 1 aliphatic carbocycles. The molecule has 2 aromatic carbocycles. The van der Waals surface area contributed by atoms with Crippen molar-refractivity contribution in [3.05, 3.63) is 48.0 Å². The highest BCUT2D eigenvalue weighted by Crippen LogP contribution is 2.45. The molecule has 0 saturated heterocycles. The summed E-state index contributed by atoms with van der Waals surface area (Å²) in [5.41, 5.74) is 1.81. The van der Waals surface area contributed by atoms with E-state index in [-0.39, 0.29) is 0 Å². The van der Waals surface area contributed by atoms with Gasteiger partial charge >= 0.3 is 12.1 Å². The maximum absolute atomic E-state index is 11.9. The fraction of sp³-hybridized carbons (Fsp3) is 0.300. The van der Waals surface area contributed by atoms with E-state index in [9.17, 15) is 9.59 Å². The zero-order valence-corrected chi connectivity index (χ0v) is 14.3. The number of carbonyl (C=O) groups excluding carboxylic acids is 2. The Bertz CT molecular complexity index is 853. The van der Waals surface area contributed by atoms with Crippen molar-refractivity contribution in [1.29, 1.82) is 0 Å². The third-order valence-electron chi connectivity index (χ3n) is 4.49. The van der Waals surface area contributed by atoms with Gasteiger partial charge in [-0.05, 0) is 25.2 Å². The van der Waals surface area contributed by atoms with Crippen molar-refractivity contribution in [1.82, 2.24) is 0 Å². The molecule has 5 nitrogen and oxygen atoms in total. The highest BCUT2D eigenvalue weighted by atomic mass is 16.7. The Balaban J connectivity index is 2.29. The van der Waals surface area contributed by atoms with Gasteiger partial charge in [-0.2, -0.15) is 0 Å². The largest absolute Gasteiger partial charge is 0.513 e. The van der Waals surface area contributed by atoms with Gasteiger partial charge < -0.3 is 14.2 Å². The van der Waals surface area contributed by atoms with E-state index in [0.29, 0.717) is 22.8 Å². The third kappa shape index (κ3) is 3.22. The predicted molar refractivity (Wildman–Crippen MR) is 94.0 cm³/mol. The van der Waals surface area contributed by atoms with Crippen molar-refractivity contribution in [3.63, 3.8) is 0 Å². The average molecular weight is 340 g/mol. The van der Waals surface area contributed by atoms with Crippen molar-refractivity contribution in [3.8, 4) is 11.5 Å². The molecule has 0 amide bonds. The van der Waals surface area contributed by atoms with Crippen molar-refractivity contribution in [2.75, 3.05) is 7.11 Å². The van der Waals surface area contributed by atoms with Crippen molar-refractivity contribution in [2.45, 2.75) is 26.2 Å². The van der Waals surface area contributed by atoms with Crippen LogP contribution in [0.15, 0.2) is 36.9 Å². The summed E-state index contributed by atoms with van der Waals surface area (Å²) in [5, 5.41) is 1.44. The Hall–Kier alpha value is -2.82. The monoisotopic (exact) mass is 340 g/mol. The van der Waals surface area contributed by atoms with Crippen molar-refractivity contribution >= 4 is 22.9 Å². The van der Waals surface area contributed by atoms with Crippen LogP contribution in [-0.2, 0) is 22.4 Å². The standard InChI is InChI=1S/C20H20O5/c1-4-17(21)24-19-14-8-6-5-7-13(14)18(25-20(22)23-3)15-10-9-12(2)11-16(15)19/h4-8,12H,1,9-11H2,2-3H3. The summed E-state index contributed by atoms with van der Waals surface area (Å²) in [6.45, 7) is 5.62. The molecule has 25 heavy (non-hydrogen) atoms. The Morgan fingerprint density at radius 1 is 1.12 bits per heavy atom. The molecule has 1 unspecified atom stereocenters. The third-order valence-corrected chi connectivity index (χ3v) is 4.49. The maximum atomic E-state index is 11.9. The molecule has 0 radical (unpaired) electrons. The fourth-order valence-electron chi connectivity index (χ4n) is 3.30. The molecule has 1 atom stereocenters. The van der Waals surface area contributed by atoms with Gasteiger partial charge in [0.1, 0.15) is 11.5 Å². The van der Waals surface area contributed by atoms with E-state index >= 15 is 0 Å². The van der Waals surface area contributed by atoms with Crippen LogP contribution in [0.25, 0.3) is 10.8 Å². The van der Waals surface area contributed by atoms with Crippen LogP contribution in [0.1, 0.15) is 24.5 Å². The first kappa shape index (κ1) is 17.0. The SMILES string of the molecule is C=CC(=O)Oc1c2c(c(OC(=O)OC)c3ccccc13)CCC(C)C2. The minimum absolute atomic E-state index is 0.445. The van der Waals surface area contributed by atoms with E-state index in [2.05, 4.69) is 18.2 Å². The second-order valence-corrected chi connectivity index (χ2v) is 6.19. The molecule has 5 heteroatoms. The van der Waals surface area contributed by atoms with E-state index in [1.165, 1.54) is 7.11 Å². The first-order valence-electron chi connectivity index (χ1n) is 8.21. The van der Waals surface area contributed by atoms with E-state index < -0.39 is 12.1 Å². The molecule has 3 rings (SSSR count). The molecule has 0 fully saturated rings. The summed E-state index contributed by atoms with van der Waals surface area (Å²) in [7, 11) is 1.28. The molecule has 0 bridgehead atoms. The topological polar surface area (TPSA) is 61.8 Å². The number of benzene rings is 2. The van der Waals surface area contributed by atoms with Crippen LogP contribution in [0, 0.1) is 5.92 Å². The second-order valence-electron chi connectivity index (χ2n) is 6.19. The molecule has 2 aromatic rings. The number of fused-ring (bicyclic) bond motifs is 2. The molecule has 0 aromatic heterocycles. The number of rotatable bonds is 3. The quantitative estimate of drug-likeness (QED) is 0.363. The van der Waals surface area contributed by atoms with Crippen LogP contribution < -0.4 is 9.47 Å². The summed E-state index contributed by atoms with van der Waals surface area (Å²) in [4.78, 5) is 23.6. The molecule has 130 valence electrons. The lowest BCUT2D eigenvalue weighted by atomic mass is 9.82. The minimum Gasteiger partial charge on any atom is -0.437 e. The van der Waals surface area contributed by atoms with Crippen LogP contribution in [-0.4, -0.2) is 19.2 Å². The zero-order valence-electron chi connectivity index (χ0n) is 14.3. The van der Waals surface area contributed by atoms with Gasteiger partial charge in [-0.15, -0.1) is 0 Å². The Kier molecular flexibility index (Phi) is 4.74. The van der Waals surface area contributed by atoms with E-state index in [0.717, 1.165) is 41.9 Å². The molecule has 0 spiro atoms. The molecular formula is C20H20O5. The smallest absolute Gasteiger partial charge is 0.437 e. The number of esters is 1. The Morgan fingerprint density at radius 3 is 2.36 bits per heavy atom. The highest BCUT2D eigenvalue weighted by Gasteiger charge is 2.28. The Morgan fingerprint density at radius 2 is 1.76 bits per heavy atom. The maximum Gasteiger partial charge on any atom is 0.513 e. The number of hydrogen-bond acceptors (Lipinski definition) is 5. The second kappa shape index (κ2) is 6.97. The summed E-state index contributed by atoms with van der Waals surface area (Å²) in [5.74, 6) is 0.954. The van der Waals surface area contributed by atoms with Gasteiger partial charge in [-0.1, -0.05) is 37.8 Å². The lowest BCUT2D eigenvalue weighted by Crippen LogP contribution is -2.18. The first-order valence-corrected chi connectivity index (χ1v) is 8.21. The zero-order chi connectivity index (χ0) is 18.0. The van der Waals surface area contributed by atoms with Crippen LogP contribution >= 0.6 is 0 Å². The van der Waals surface area contributed by atoms with E-state index in [1.807, 2.05) is 24.3 Å². The lowest BCUT2D eigenvalue weighted by molar-refractivity contribution is -0.128. The van der Waals surface area contributed by atoms with E-state index in [1.54, 1.807) is 0 Å². The summed E-state index contributed by atoms with van der Waals surface area (Å²) in [6.07, 6.45) is 2.84. The number of carbonyl (C=O) groups is 2. The molecule has 0 N–H and O–H groups in total.